The summed E-state index contributed by atoms with van der Waals surface area (Å²) in [7, 11) is 0. The van der Waals surface area contributed by atoms with Crippen molar-refractivity contribution in [2.24, 2.45) is 0 Å². The van der Waals surface area contributed by atoms with E-state index < -0.39 is 0 Å². The largest absolute Gasteiger partial charge is 0.296 e. The third kappa shape index (κ3) is 3.70. The van der Waals surface area contributed by atoms with E-state index in [1.807, 2.05) is 13.8 Å². The van der Waals surface area contributed by atoms with Crippen LogP contribution in [0.15, 0.2) is 60.7 Å². The molecule has 4 aromatic rings. The van der Waals surface area contributed by atoms with Crippen molar-refractivity contribution >= 4 is 11.0 Å². The van der Waals surface area contributed by atoms with Gasteiger partial charge in [0, 0.05) is 17.8 Å². The molecule has 0 amide bonds. The summed E-state index contributed by atoms with van der Waals surface area (Å²) in [5, 5.41) is 0. The topological polar surface area (TPSA) is 30.7 Å². The van der Waals surface area contributed by atoms with E-state index in [1.54, 1.807) is 0 Å². The van der Waals surface area contributed by atoms with Crippen LogP contribution in [0, 0.1) is 20.8 Å². The van der Waals surface area contributed by atoms with Crippen molar-refractivity contribution in [3.8, 4) is 5.69 Å². The summed E-state index contributed by atoms with van der Waals surface area (Å²) in [5.41, 5.74) is 7.93. The molecule has 141 valence electrons. The summed E-state index contributed by atoms with van der Waals surface area (Å²) >= 11 is 0. The van der Waals surface area contributed by atoms with Gasteiger partial charge in [-0.3, -0.25) is 9.55 Å². The van der Waals surface area contributed by atoms with Crippen LogP contribution in [0.5, 0.6) is 0 Å². The number of fused-ring (bicyclic) bond motifs is 1. The molecule has 0 unspecified atom stereocenters. The van der Waals surface area contributed by atoms with Crippen molar-refractivity contribution < 1.29 is 0 Å². The Labute approximate surface area is 167 Å². The van der Waals surface area contributed by atoms with Gasteiger partial charge in [0.2, 0.25) is 0 Å². The van der Waals surface area contributed by atoms with Gasteiger partial charge in [0.25, 0.3) is 0 Å². The van der Waals surface area contributed by atoms with Crippen LogP contribution in [0.2, 0.25) is 0 Å². The van der Waals surface area contributed by atoms with Gasteiger partial charge in [0.1, 0.15) is 11.3 Å². The lowest BCUT2D eigenvalue weighted by atomic mass is 10.1. The lowest BCUT2D eigenvalue weighted by molar-refractivity contribution is 0.761. The van der Waals surface area contributed by atoms with E-state index in [0.717, 1.165) is 59.6 Å². The molecule has 1 radical (unpaired) electrons. The number of pyridine rings is 1. The molecule has 0 aliphatic heterocycles. The van der Waals surface area contributed by atoms with Crippen molar-refractivity contribution in [3.63, 3.8) is 0 Å². The maximum atomic E-state index is 4.99. The fourth-order valence-corrected chi connectivity index (χ4v) is 3.79. The van der Waals surface area contributed by atoms with Crippen molar-refractivity contribution in [1.29, 1.82) is 0 Å². The Balaban J connectivity index is 1.72. The van der Waals surface area contributed by atoms with Crippen LogP contribution in [0.25, 0.3) is 16.7 Å². The SMILES string of the molecule is [CH2]Cc1ccc(-n2c(CCCc3ccccc3)nc3c(C)nc(C)cc32)cc1. The van der Waals surface area contributed by atoms with Gasteiger partial charge in [-0.25, -0.2) is 4.98 Å². The van der Waals surface area contributed by atoms with Crippen LogP contribution in [-0.4, -0.2) is 14.5 Å². The highest BCUT2D eigenvalue weighted by molar-refractivity contribution is 5.80. The van der Waals surface area contributed by atoms with Gasteiger partial charge >= 0.3 is 0 Å². The summed E-state index contributed by atoms with van der Waals surface area (Å²) in [6, 6.07) is 21.5. The zero-order valence-corrected chi connectivity index (χ0v) is 16.7. The number of benzene rings is 2. The predicted molar refractivity (Wildman–Crippen MR) is 116 cm³/mol. The van der Waals surface area contributed by atoms with Crippen LogP contribution in [0.4, 0.5) is 0 Å². The molecule has 0 aliphatic rings. The average molecular weight is 369 g/mol. The van der Waals surface area contributed by atoms with E-state index in [-0.39, 0.29) is 0 Å². The van der Waals surface area contributed by atoms with E-state index in [1.165, 1.54) is 11.1 Å². The van der Waals surface area contributed by atoms with Crippen LogP contribution >= 0.6 is 0 Å². The van der Waals surface area contributed by atoms with E-state index in [9.17, 15) is 0 Å². The highest BCUT2D eigenvalue weighted by Gasteiger charge is 2.15. The smallest absolute Gasteiger partial charge is 0.114 e. The second kappa shape index (κ2) is 7.97. The van der Waals surface area contributed by atoms with Gasteiger partial charge in [-0.2, -0.15) is 0 Å². The highest BCUT2D eigenvalue weighted by atomic mass is 15.1. The maximum absolute atomic E-state index is 4.99. The van der Waals surface area contributed by atoms with E-state index in [2.05, 4.69) is 77.1 Å². The van der Waals surface area contributed by atoms with Gasteiger partial charge in [-0.15, -0.1) is 0 Å². The predicted octanol–water partition coefficient (Wildman–Crippen LogP) is 5.59. The molecule has 0 fully saturated rings. The van der Waals surface area contributed by atoms with Gasteiger partial charge < -0.3 is 0 Å². The first kappa shape index (κ1) is 18.4. The lowest BCUT2D eigenvalue weighted by Crippen LogP contribution is -2.03. The molecule has 2 aromatic carbocycles. The molecular weight excluding hydrogens is 342 g/mol. The Hall–Kier alpha value is -2.94. The summed E-state index contributed by atoms with van der Waals surface area (Å²) in [6.07, 6.45) is 3.85. The minimum absolute atomic E-state index is 0.803. The Morgan fingerprint density at radius 3 is 2.32 bits per heavy atom. The first-order valence-electron chi connectivity index (χ1n) is 9.94. The summed E-state index contributed by atoms with van der Waals surface area (Å²) in [5.74, 6) is 1.10. The van der Waals surface area contributed by atoms with Crippen molar-refractivity contribution in [2.75, 3.05) is 0 Å². The van der Waals surface area contributed by atoms with Gasteiger partial charge in [0.05, 0.1) is 11.2 Å². The third-order valence-corrected chi connectivity index (χ3v) is 5.21. The number of aromatic nitrogens is 3. The number of nitrogens with zero attached hydrogens (tertiary/aromatic N) is 3. The zero-order chi connectivity index (χ0) is 19.5. The summed E-state index contributed by atoms with van der Waals surface area (Å²) < 4.78 is 2.30. The summed E-state index contributed by atoms with van der Waals surface area (Å²) in [4.78, 5) is 9.61. The Bertz CT molecular complexity index is 1080. The van der Waals surface area contributed by atoms with E-state index >= 15 is 0 Å². The second-order valence-corrected chi connectivity index (χ2v) is 7.34. The van der Waals surface area contributed by atoms with Gasteiger partial charge in [0.15, 0.2) is 0 Å². The standard InChI is InChI=1S/C25H26N3/c1-4-20-13-15-22(16-14-20)28-23-17-18(2)26-19(3)25(23)27-24(28)12-8-11-21-9-6-5-7-10-21/h5-7,9-10,13-17H,1,4,8,11-12H2,2-3H3. The van der Waals surface area contributed by atoms with Gasteiger partial charge in [-0.05, 0) is 69.4 Å². The van der Waals surface area contributed by atoms with Gasteiger partial charge in [-0.1, -0.05) is 42.5 Å². The van der Waals surface area contributed by atoms with Crippen molar-refractivity contribution in [3.05, 3.63) is 95.9 Å². The van der Waals surface area contributed by atoms with E-state index in [4.69, 9.17) is 4.98 Å². The molecule has 0 saturated heterocycles. The zero-order valence-electron chi connectivity index (χ0n) is 16.7. The molecule has 3 nitrogen and oxygen atoms in total. The van der Waals surface area contributed by atoms with Crippen LogP contribution in [-0.2, 0) is 19.3 Å². The molecule has 3 heteroatoms. The highest BCUT2D eigenvalue weighted by Crippen LogP contribution is 2.25. The molecule has 0 bridgehead atoms. The lowest BCUT2D eigenvalue weighted by Gasteiger charge is -2.11. The maximum Gasteiger partial charge on any atom is 0.114 e. The monoisotopic (exact) mass is 368 g/mol. The molecule has 0 aliphatic carbocycles. The number of hydrogen-bond acceptors (Lipinski definition) is 2. The van der Waals surface area contributed by atoms with Crippen molar-refractivity contribution in [2.45, 2.75) is 39.5 Å². The molecule has 0 atom stereocenters. The fraction of sp³-hybridized carbons (Fsp3) is 0.240. The number of rotatable bonds is 6. The molecule has 28 heavy (non-hydrogen) atoms. The minimum Gasteiger partial charge on any atom is -0.296 e. The number of hydrogen-bond donors (Lipinski definition) is 0. The van der Waals surface area contributed by atoms with Crippen LogP contribution in [0.3, 0.4) is 0 Å². The molecule has 2 aromatic heterocycles. The normalized spacial score (nSPS) is 11.2. The molecule has 4 rings (SSSR count). The Morgan fingerprint density at radius 1 is 0.857 bits per heavy atom. The number of aryl methyl sites for hydroxylation is 4. The second-order valence-electron chi connectivity index (χ2n) is 7.34. The molecular formula is C25H26N3. The van der Waals surface area contributed by atoms with Crippen molar-refractivity contribution in [1.82, 2.24) is 14.5 Å². The minimum atomic E-state index is 0.803. The quantitative estimate of drug-likeness (QED) is 0.444. The average Bonchev–Trinajstić information content (AvgIpc) is 3.07. The molecule has 0 saturated carbocycles. The first-order chi connectivity index (χ1) is 13.7. The molecule has 0 N–H and O–H groups in total. The van der Waals surface area contributed by atoms with Crippen LogP contribution in [0.1, 0.15) is 34.8 Å². The van der Waals surface area contributed by atoms with Crippen LogP contribution < -0.4 is 0 Å². The summed E-state index contributed by atoms with van der Waals surface area (Å²) in [6.45, 7) is 8.08. The third-order valence-electron chi connectivity index (χ3n) is 5.21. The Kier molecular flexibility index (Phi) is 5.25. The Morgan fingerprint density at radius 2 is 1.61 bits per heavy atom. The molecule has 2 heterocycles. The number of imidazole rings is 1. The first-order valence-corrected chi connectivity index (χ1v) is 9.94. The fourth-order valence-electron chi connectivity index (χ4n) is 3.79. The molecule has 0 spiro atoms. The van der Waals surface area contributed by atoms with E-state index in [0.29, 0.717) is 0 Å².